The van der Waals surface area contributed by atoms with Crippen molar-refractivity contribution in [1.82, 2.24) is 10.2 Å². The summed E-state index contributed by atoms with van der Waals surface area (Å²) in [4.78, 5) is 1.95. The van der Waals surface area contributed by atoms with Crippen LogP contribution in [-0.4, -0.2) is 49.3 Å². The highest BCUT2D eigenvalue weighted by Crippen LogP contribution is 1.90. The van der Waals surface area contributed by atoms with Gasteiger partial charge >= 0.3 is 0 Å². The quantitative estimate of drug-likeness (QED) is 0.566. The van der Waals surface area contributed by atoms with Crippen LogP contribution in [0.25, 0.3) is 0 Å². The molecule has 0 bridgehead atoms. The number of hydrogen-bond acceptors (Lipinski definition) is 3. The van der Waals surface area contributed by atoms with E-state index in [9.17, 15) is 5.11 Å². The van der Waals surface area contributed by atoms with E-state index in [4.69, 9.17) is 6.42 Å². The number of rotatable bonds is 6. The summed E-state index contributed by atoms with van der Waals surface area (Å²) in [6, 6.07) is 0.0804. The van der Waals surface area contributed by atoms with Gasteiger partial charge in [0.1, 0.15) is 0 Å². The predicted molar refractivity (Wildman–Crippen MR) is 55.5 cm³/mol. The molecule has 0 saturated carbocycles. The van der Waals surface area contributed by atoms with Crippen LogP contribution < -0.4 is 5.32 Å². The van der Waals surface area contributed by atoms with Crippen molar-refractivity contribution in [3.63, 3.8) is 0 Å². The maximum Gasteiger partial charge on any atom is 0.0791 e. The zero-order valence-electron chi connectivity index (χ0n) is 8.75. The lowest BCUT2D eigenvalue weighted by molar-refractivity contribution is 0.133. The first-order chi connectivity index (χ1) is 6.10. The van der Waals surface area contributed by atoms with Crippen molar-refractivity contribution >= 4 is 0 Å². The van der Waals surface area contributed by atoms with Crippen LogP contribution in [0.5, 0.6) is 0 Å². The average Bonchev–Trinajstić information content (AvgIpc) is 2.05. The number of aliphatic hydroxyl groups excluding tert-OH is 1. The number of terminal acetylenes is 1. The minimum Gasteiger partial charge on any atom is -0.390 e. The van der Waals surface area contributed by atoms with E-state index in [2.05, 4.69) is 11.2 Å². The Hall–Kier alpha value is -0.560. The summed E-state index contributed by atoms with van der Waals surface area (Å²) in [5.41, 5.74) is 0. The molecule has 0 aromatic rings. The zero-order valence-corrected chi connectivity index (χ0v) is 8.75. The van der Waals surface area contributed by atoms with Gasteiger partial charge in [-0.15, -0.1) is 6.42 Å². The molecule has 0 aliphatic carbocycles. The summed E-state index contributed by atoms with van der Waals surface area (Å²) in [5.74, 6) is 2.62. The Morgan fingerprint density at radius 2 is 2.15 bits per heavy atom. The molecule has 0 heterocycles. The molecule has 2 unspecified atom stereocenters. The second-order valence-electron chi connectivity index (χ2n) is 3.45. The minimum absolute atomic E-state index is 0.0804. The topological polar surface area (TPSA) is 35.5 Å². The Bertz CT molecular complexity index is 163. The second kappa shape index (κ2) is 6.90. The van der Waals surface area contributed by atoms with Gasteiger partial charge in [0.15, 0.2) is 0 Å². The van der Waals surface area contributed by atoms with Crippen molar-refractivity contribution in [1.29, 1.82) is 0 Å². The molecule has 3 nitrogen and oxygen atoms in total. The summed E-state index contributed by atoms with van der Waals surface area (Å²) in [6.45, 7) is 3.24. The van der Waals surface area contributed by atoms with Crippen molar-refractivity contribution in [2.24, 2.45) is 0 Å². The third kappa shape index (κ3) is 6.59. The highest BCUT2D eigenvalue weighted by Gasteiger charge is 2.07. The molecule has 0 rings (SSSR count). The number of aliphatic hydroxyl groups is 1. The number of nitrogens with one attached hydrogen (secondary N) is 1. The summed E-state index contributed by atoms with van der Waals surface area (Å²) in [7, 11) is 3.86. The van der Waals surface area contributed by atoms with Gasteiger partial charge in [0, 0.05) is 13.1 Å². The van der Waals surface area contributed by atoms with Gasteiger partial charge in [-0.1, -0.05) is 12.8 Å². The molecule has 3 heteroatoms. The fourth-order valence-electron chi connectivity index (χ4n) is 1.09. The largest absolute Gasteiger partial charge is 0.390 e. The van der Waals surface area contributed by atoms with E-state index in [0.717, 1.165) is 6.42 Å². The van der Waals surface area contributed by atoms with Crippen molar-refractivity contribution < 1.29 is 5.11 Å². The molecule has 0 spiro atoms. The zero-order chi connectivity index (χ0) is 10.3. The summed E-state index contributed by atoms with van der Waals surface area (Å²) >= 11 is 0. The van der Waals surface area contributed by atoms with Gasteiger partial charge < -0.3 is 15.3 Å². The molecule has 2 atom stereocenters. The highest BCUT2D eigenvalue weighted by atomic mass is 16.3. The predicted octanol–water partition coefficient (Wildman–Crippen LogP) is -0.0897. The summed E-state index contributed by atoms with van der Waals surface area (Å²) in [5, 5.41) is 12.6. The van der Waals surface area contributed by atoms with Crippen LogP contribution in [0.4, 0.5) is 0 Å². The lowest BCUT2D eigenvalue weighted by atomic mass is 10.2. The minimum atomic E-state index is -0.350. The molecule has 76 valence electrons. The SMILES string of the molecule is C#CC(CC)NCC(O)CN(C)C. The first-order valence-electron chi connectivity index (χ1n) is 4.62. The number of likely N-dealkylation sites (N-methyl/N-ethyl adjacent to an activating group) is 1. The van der Waals surface area contributed by atoms with Crippen molar-refractivity contribution in [2.45, 2.75) is 25.5 Å². The molecule has 0 fully saturated rings. The normalized spacial score (nSPS) is 15.4. The fourth-order valence-corrected chi connectivity index (χ4v) is 1.09. The molecule has 0 radical (unpaired) electrons. The Balaban J connectivity index is 3.57. The molecule has 0 aromatic carbocycles. The smallest absolute Gasteiger partial charge is 0.0791 e. The molecule has 2 N–H and O–H groups in total. The van der Waals surface area contributed by atoms with Crippen molar-refractivity contribution in [3.8, 4) is 12.3 Å². The molecular formula is C10H20N2O. The molecular weight excluding hydrogens is 164 g/mol. The molecule has 0 aliphatic rings. The van der Waals surface area contributed by atoms with E-state index in [1.54, 1.807) is 0 Å². The first-order valence-corrected chi connectivity index (χ1v) is 4.62. The van der Waals surface area contributed by atoms with Crippen LogP contribution >= 0.6 is 0 Å². The Labute approximate surface area is 81.1 Å². The molecule has 13 heavy (non-hydrogen) atoms. The van der Waals surface area contributed by atoms with Gasteiger partial charge in [0.2, 0.25) is 0 Å². The van der Waals surface area contributed by atoms with Crippen LogP contribution in [0.2, 0.25) is 0 Å². The number of nitrogens with zero attached hydrogens (tertiary/aromatic N) is 1. The van der Waals surface area contributed by atoms with Gasteiger partial charge in [0.05, 0.1) is 12.1 Å². The fraction of sp³-hybridized carbons (Fsp3) is 0.800. The maximum absolute atomic E-state index is 9.49. The van der Waals surface area contributed by atoms with Crippen molar-refractivity contribution in [2.75, 3.05) is 27.2 Å². The lowest BCUT2D eigenvalue weighted by Gasteiger charge is -2.18. The third-order valence-electron chi connectivity index (χ3n) is 1.79. The summed E-state index contributed by atoms with van der Waals surface area (Å²) in [6.07, 6.45) is 5.81. The molecule has 0 saturated heterocycles. The standard InChI is InChI=1S/C10H20N2O/c1-5-9(6-2)11-7-10(13)8-12(3)4/h1,9-11,13H,6-8H2,2-4H3. The maximum atomic E-state index is 9.49. The molecule has 0 aromatic heterocycles. The van der Waals surface area contributed by atoms with E-state index in [1.807, 2.05) is 25.9 Å². The van der Waals surface area contributed by atoms with Crippen molar-refractivity contribution in [3.05, 3.63) is 0 Å². The third-order valence-corrected chi connectivity index (χ3v) is 1.79. The summed E-state index contributed by atoms with van der Waals surface area (Å²) < 4.78 is 0. The number of hydrogen-bond donors (Lipinski definition) is 2. The van der Waals surface area contributed by atoms with Gasteiger partial charge in [-0.3, -0.25) is 0 Å². The van der Waals surface area contributed by atoms with Crippen LogP contribution in [0.1, 0.15) is 13.3 Å². The van der Waals surface area contributed by atoms with Crippen LogP contribution in [-0.2, 0) is 0 Å². The van der Waals surface area contributed by atoms with E-state index in [0.29, 0.717) is 13.1 Å². The Morgan fingerprint density at radius 3 is 2.54 bits per heavy atom. The van der Waals surface area contributed by atoms with Crippen LogP contribution in [0, 0.1) is 12.3 Å². The monoisotopic (exact) mass is 184 g/mol. The Kier molecular flexibility index (Phi) is 6.61. The van der Waals surface area contributed by atoms with Gasteiger partial charge in [-0.25, -0.2) is 0 Å². The van der Waals surface area contributed by atoms with Gasteiger partial charge in [-0.2, -0.15) is 0 Å². The molecule has 0 aliphatic heterocycles. The lowest BCUT2D eigenvalue weighted by Crippen LogP contribution is -2.39. The van der Waals surface area contributed by atoms with E-state index in [1.165, 1.54) is 0 Å². The van der Waals surface area contributed by atoms with E-state index >= 15 is 0 Å². The van der Waals surface area contributed by atoms with E-state index < -0.39 is 0 Å². The van der Waals surface area contributed by atoms with Crippen LogP contribution in [0.3, 0.4) is 0 Å². The highest BCUT2D eigenvalue weighted by molar-refractivity contribution is 4.98. The first kappa shape index (κ1) is 12.4. The second-order valence-corrected chi connectivity index (χ2v) is 3.45. The van der Waals surface area contributed by atoms with Gasteiger partial charge in [0.25, 0.3) is 0 Å². The van der Waals surface area contributed by atoms with Crippen LogP contribution in [0.15, 0.2) is 0 Å². The molecule has 0 amide bonds. The Morgan fingerprint density at radius 1 is 1.54 bits per heavy atom. The van der Waals surface area contributed by atoms with E-state index in [-0.39, 0.29) is 12.1 Å². The van der Waals surface area contributed by atoms with Gasteiger partial charge in [-0.05, 0) is 20.5 Å². The average molecular weight is 184 g/mol.